The fourth-order valence-electron chi connectivity index (χ4n) is 1.67. The second-order valence-corrected chi connectivity index (χ2v) is 6.65. The first kappa shape index (κ1) is 12.2. The number of alkyl halides is 1. The Balaban J connectivity index is 2.64. The first-order valence-electron chi connectivity index (χ1n) is 5.05. The van der Waals surface area contributed by atoms with Crippen LogP contribution >= 0.6 is 27.3 Å². The second-order valence-electron chi connectivity index (χ2n) is 4.15. The van der Waals surface area contributed by atoms with Crippen LogP contribution in [-0.4, -0.2) is 9.81 Å². The van der Waals surface area contributed by atoms with Crippen molar-refractivity contribution in [2.45, 2.75) is 38.9 Å². The van der Waals surface area contributed by atoms with E-state index in [9.17, 15) is 0 Å². The summed E-state index contributed by atoms with van der Waals surface area (Å²) >= 11 is 5.42. The van der Waals surface area contributed by atoms with Crippen molar-refractivity contribution < 1.29 is 0 Å². The predicted octanol–water partition coefficient (Wildman–Crippen LogP) is 4.05. The van der Waals surface area contributed by atoms with Crippen LogP contribution in [0.4, 0.5) is 0 Å². The van der Waals surface area contributed by atoms with Crippen LogP contribution in [0.3, 0.4) is 0 Å². The highest BCUT2D eigenvalue weighted by Gasteiger charge is 2.19. The third kappa shape index (κ3) is 3.35. The standard InChI is InChI=1S/C11H18BrNS/c1-7(2)11(8(3)12)5-10-6-14-9(4)13-10/h6-8,11H,5H2,1-4H3. The molecule has 1 aromatic rings. The van der Waals surface area contributed by atoms with Crippen molar-refractivity contribution >= 4 is 27.3 Å². The monoisotopic (exact) mass is 275 g/mol. The quantitative estimate of drug-likeness (QED) is 0.756. The average molecular weight is 276 g/mol. The molecule has 0 aliphatic carbocycles. The van der Waals surface area contributed by atoms with E-state index < -0.39 is 0 Å². The molecule has 0 amide bonds. The SMILES string of the molecule is Cc1nc(CC(C(C)C)C(C)Br)cs1. The summed E-state index contributed by atoms with van der Waals surface area (Å²) in [7, 11) is 0. The highest BCUT2D eigenvalue weighted by Crippen LogP contribution is 2.25. The molecule has 14 heavy (non-hydrogen) atoms. The molecule has 2 unspecified atom stereocenters. The highest BCUT2D eigenvalue weighted by molar-refractivity contribution is 9.09. The van der Waals surface area contributed by atoms with Gasteiger partial charge in [-0.15, -0.1) is 11.3 Å². The summed E-state index contributed by atoms with van der Waals surface area (Å²) in [4.78, 5) is 5.07. The Labute approximate surface area is 99.1 Å². The maximum absolute atomic E-state index is 4.51. The molecule has 0 fully saturated rings. The van der Waals surface area contributed by atoms with Gasteiger partial charge in [0.05, 0.1) is 10.7 Å². The molecule has 2 atom stereocenters. The van der Waals surface area contributed by atoms with E-state index in [0.717, 1.165) is 6.42 Å². The normalized spacial score (nSPS) is 15.9. The Morgan fingerprint density at radius 1 is 1.43 bits per heavy atom. The summed E-state index contributed by atoms with van der Waals surface area (Å²) in [5.74, 6) is 1.38. The van der Waals surface area contributed by atoms with E-state index in [1.165, 1.54) is 10.7 Å². The van der Waals surface area contributed by atoms with Crippen LogP contribution in [-0.2, 0) is 6.42 Å². The van der Waals surface area contributed by atoms with Crippen LogP contribution in [0.5, 0.6) is 0 Å². The van der Waals surface area contributed by atoms with Crippen molar-refractivity contribution in [3.63, 3.8) is 0 Å². The van der Waals surface area contributed by atoms with Crippen LogP contribution in [0.1, 0.15) is 31.5 Å². The van der Waals surface area contributed by atoms with E-state index in [0.29, 0.717) is 16.7 Å². The van der Waals surface area contributed by atoms with Gasteiger partial charge in [-0.05, 0) is 25.2 Å². The maximum Gasteiger partial charge on any atom is 0.0897 e. The summed E-state index contributed by atoms with van der Waals surface area (Å²) in [6.45, 7) is 8.85. The molecule has 1 nitrogen and oxygen atoms in total. The van der Waals surface area contributed by atoms with Gasteiger partial charge in [-0.2, -0.15) is 0 Å². The fourth-order valence-corrected chi connectivity index (χ4v) is 3.09. The van der Waals surface area contributed by atoms with Crippen LogP contribution in [0.15, 0.2) is 5.38 Å². The molecule has 0 aliphatic rings. The molecule has 3 heteroatoms. The number of aromatic nitrogens is 1. The van der Waals surface area contributed by atoms with Crippen molar-refractivity contribution in [3.05, 3.63) is 16.1 Å². The van der Waals surface area contributed by atoms with Crippen LogP contribution in [0.25, 0.3) is 0 Å². The second kappa shape index (κ2) is 5.26. The van der Waals surface area contributed by atoms with E-state index in [1.54, 1.807) is 11.3 Å². The molecule has 0 spiro atoms. The molecule has 0 bridgehead atoms. The number of hydrogen-bond acceptors (Lipinski definition) is 2. The van der Waals surface area contributed by atoms with Crippen molar-refractivity contribution in [3.8, 4) is 0 Å². The minimum absolute atomic E-state index is 0.560. The summed E-state index contributed by atoms with van der Waals surface area (Å²) < 4.78 is 0. The van der Waals surface area contributed by atoms with Crippen molar-refractivity contribution in [2.75, 3.05) is 0 Å². The van der Waals surface area contributed by atoms with Gasteiger partial charge in [0.1, 0.15) is 0 Å². The Morgan fingerprint density at radius 3 is 2.43 bits per heavy atom. The lowest BCUT2D eigenvalue weighted by atomic mass is 9.89. The number of halogens is 1. The molecule has 0 saturated heterocycles. The van der Waals surface area contributed by atoms with Crippen molar-refractivity contribution in [2.24, 2.45) is 11.8 Å². The number of hydrogen-bond donors (Lipinski definition) is 0. The zero-order chi connectivity index (χ0) is 10.7. The third-order valence-electron chi connectivity index (χ3n) is 2.56. The van der Waals surface area contributed by atoms with Crippen LogP contribution in [0, 0.1) is 18.8 Å². The van der Waals surface area contributed by atoms with Gasteiger partial charge in [-0.3, -0.25) is 0 Å². The number of rotatable bonds is 4. The number of thiazole rings is 1. The van der Waals surface area contributed by atoms with E-state index >= 15 is 0 Å². The zero-order valence-electron chi connectivity index (χ0n) is 9.25. The van der Waals surface area contributed by atoms with Gasteiger partial charge in [0.15, 0.2) is 0 Å². The van der Waals surface area contributed by atoms with Crippen LogP contribution in [0.2, 0.25) is 0 Å². The molecular weight excluding hydrogens is 258 g/mol. The Kier molecular flexibility index (Phi) is 4.58. The predicted molar refractivity (Wildman–Crippen MR) is 67.3 cm³/mol. The Hall–Kier alpha value is 0.110. The number of aryl methyl sites for hydroxylation is 1. The van der Waals surface area contributed by atoms with Gasteiger partial charge >= 0.3 is 0 Å². The van der Waals surface area contributed by atoms with Gasteiger partial charge in [0, 0.05) is 10.2 Å². The summed E-state index contributed by atoms with van der Waals surface area (Å²) in [6, 6.07) is 0. The van der Waals surface area contributed by atoms with Crippen molar-refractivity contribution in [1.29, 1.82) is 0 Å². The lowest BCUT2D eigenvalue weighted by molar-refractivity contribution is 0.381. The topological polar surface area (TPSA) is 12.9 Å². The largest absolute Gasteiger partial charge is 0.247 e. The minimum Gasteiger partial charge on any atom is -0.247 e. The molecule has 0 radical (unpaired) electrons. The van der Waals surface area contributed by atoms with E-state index in [1.807, 2.05) is 0 Å². The fraction of sp³-hybridized carbons (Fsp3) is 0.727. The molecule has 0 aliphatic heterocycles. The molecule has 1 heterocycles. The van der Waals surface area contributed by atoms with Crippen molar-refractivity contribution in [1.82, 2.24) is 4.98 Å². The van der Waals surface area contributed by atoms with E-state index in [-0.39, 0.29) is 0 Å². The number of nitrogens with zero attached hydrogens (tertiary/aromatic N) is 1. The van der Waals surface area contributed by atoms with E-state index in [2.05, 4.69) is 54.0 Å². The van der Waals surface area contributed by atoms with Gasteiger partial charge in [0.2, 0.25) is 0 Å². The first-order chi connectivity index (χ1) is 6.50. The third-order valence-corrected chi connectivity index (χ3v) is 4.06. The van der Waals surface area contributed by atoms with Gasteiger partial charge < -0.3 is 0 Å². The highest BCUT2D eigenvalue weighted by atomic mass is 79.9. The van der Waals surface area contributed by atoms with Gasteiger partial charge in [0.25, 0.3) is 0 Å². The lowest BCUT2D eigenvalue weighted by Crippen LogP contribution is -2.20. The maximum atomic E-state index is 4.51. The molecule has 1 rings (SSSR count). The molecule has 1 aromatic heterocycles. The Morgan fingerprint density at radius 2 is 2.07 bits per heavy atom. The molecule has 0 aromatic carbocycles. The smallest absolute Gasteiger partial charge is 0.0897 e. The summed E-state index contributed by atoms with van der Waals surface area (Å²) in [5.41, 5.74) is 1.25. The minimum atomic E-state index is 0.560. The van der Waals surface area contributed by atoms with E-state index in [4.69, 9.17) is 0 Å². The van der Waals surface area contributed by atoms with Crippen LogP contribution < -0.4 is 0 Å². The van der Waals surface area contributed by atoms with Gasteiger partial charge in [-0.25, -0.2) is 4.98 Å². The molecular formula is C11H18BrNS. The molecule has 80 valence electrons. The lowest BCUT2D eigenvalue weighted by Gasteiger charge is -2.22. The first-order valence-corrected chi connectivity index (χ1v) is 6.85. The molecule has 0 saturated carbocycles. The summed E-state index contributed by atoms with van der Waals surface area (Å²) in [5, 5.41) is 3.35. The molecule has 0 N–H and O–H groups in total. The Bertz CT molecular complexity index is 273. The average Bonchev–Trinajstić information content (AvgIpc) is 2.46. The summed E-state index contributed by atoms with van der Waals surface area (Å²) in [6.07, 6.45) is 1.09. The van der Waals surface area contributed by atoms with Gasteiger partial charge in [-0.1, -0.05) is 36.7 Å². The zero-order valence-corrected chi connectivity index (χ0v) is 11.7.